The molecule has 10 heteroatoms. The maximum absolute atomic E-state index is 11.2. The molecule has 0 saturated heterocycles. The molecule has 0 aliphatic rings. The lowest BCUT2D eigenvalue weighted by Crippen LogP contribution is -2.33. The summed E-state index contributed by atoms with van der Waals surface area (Å²) < 4.78 is 1.22. The molecule has 2 aromatic rings. The topological polar surface area (TPSA) is 118 Å². The minimum atomic E-state index is -1.19. The average molecular weight is 315 g/mol. The SMILES string of the molecule is Cn1[nH]c(=O)c(=O)nc1Sc1nccc(C(=O)O)c1Cl. The van der Waals surface area contributed by atoms with Crippen LogP contribution in [0.4, 0.5) is 0 Å². The van der Waals surface area contributed by atoms with E-state index in [1.165, 1.54) is 24.0 Å². The van der Waals surface area contributed by atoms with Gasteiger partial charge in [-0.1, -0.05) is 11.6 Å². The first-order valence-corrected chi connectivity index (χ1v) is 6.32. The minimum Gasteiger partial charge on any atom is -0.478 e. The predicted octanol–water partition coefficient (Wildman–Crippen LogP) is 0.366. The molecule has 104 valence electrons. The molecule has 0 unspecified atom stereocenters. The molecule has 0 amide bonds. The monoisotopic (exact) mass is 314 g/mol. The minimum absolute atomic E-state index is 0.0644. The number of carboxylic acids is 1. The largest absolute Gasteiger partial charge is 0.478 e. The second-order valence-corrected chi connectivity index (χ2v) is 4.92. The smallest absolute Gasteiger partial charge is 0.339 e. The van der Waals surface area contributed by atoms with Crippen molar-refractivity contribution in [3.63, 3.8) is 0 Å². The Morgan fingerprint density at radius 1 is 1.50 bits per heavy atom. The summed E-state index contributed by atoms with van der Waals surface area (Å²) in [6.07, 6.45) is 1.28. The number of H-pyrrole nitrogens is 1. The van der Waals surface area contributed by atoms with E-state index in [2.05, 4.69) is 15.1 Å². The number of pyridine rings is 1. The summed E-state index contributed by atoms with van der Waals surface area (Å²) in [6, 6.07) is 1.26. The molecule has 0 aromatic carbocycles. The molecule has 0 aliphatic heterocycles. The Morgan fingerprint density at radius 3 is 2.85 bits per heavy atom. The van der Waals surface area contributed by atoms with Gasteiger partial charge in [-0.15, -0.1) is 0 Å². The Labute approximate surface area is 120 Å². The zero-order valence-corrected chi connectivity index (χ0v) is 11.5. The van der Waals surface area contributed by atoms with Crippen molar-refractivity contribution in [2.75, 3.05) is 0 Å². The lowest BCUT2D eigenvalue weighted by molar-refractivity contribution is 0.0696. The number of nitrogens with zero attached hydrogens (tertiary/aromatic N) is 3. The van der Waals surface area contributed by atoms with Crippen LogP contribution in [-0.2, 0) is 7.05 Å². The van der Waals surface area contributed by atoms with Gasteiger partial charge in [0, 0.05) is 13.2 Å². The number of aryl methyl sites for hydroxylation is 1. The molecule has 2 heterocycles. The van der Waals surface area contributed by atoms with E-state index in [4.69, 9.17) is 16.7 Å². The molecule has 0 saturated carbocycles. The number of nitrogens with one attached hydrogen (secondary N) is 1. The number of halogens is 1. The number of hydrogen-bond donors (Lipinski definition) is 2. The summed E-state index contributed by atoms with van der Waals surface area (Å²) in [6.45, 7) is 0. The highest BCUT2D eigenvalue weighted by Gasteiger charge is 2.16. The number of carboxylic acid groups (broad SMARTS) is 1. The third-order valence-corrected chi connectivity index (χ3v) is 3.77. The van der Waals surface area contributed by atoms with E-state index in [9.17, 15) is 14.4 Å². The molecule has 2 rings (SSSR count). The first kappa shape index (κ1) is 14.3. The van der Waals surface area contributed by atoms with E-state index in [0.29, 0.717) is 0 Å². The van der Waals surface area contributed by atoms with Gasteiger partial charge in [0.25, 0.3) is 0 Å². The summed E-state index contributed by atoms with van der Waals surface area (Å²) >= 11 is 6.80. The Hall–Kier alpha value is -2.13. The normalized spacial score (nSPS) is 10.5. The van der Waals surface area contributed by atoms with Gasteiger partial charge in [0.05, 0.1) is 10.6 Å². The summed E-state index contributed by atoms with van der Waals surface area (Å²) in [7, 11) is 1.48. The Bertz CT molecular complexity index is 801. The van der Waals surface area contributed by atoms with Gasteiger partial charge in [0.2, 0.25) is 0 Å². The van der Waals surface area contributed by atoms with Crippen LogP contribution in [0.15, 0.2) is 32.0 Å². The molecule has 0 radical (unpaired) electrons. The van der Waals surface area contributed by atoms with Gasteiger partial charge in [-0.3, -0.25) is 19.4 Å². The maximum atomic E-state index is 11.2. The van der Waals surface area contributed by atoms with E-state index >= 15 is 0 Å². The quantitative estimate of drug-likeness (QED) is 0.785. The maximum Gasteiger partial charge on any atom is 0.339 e. The first-order chi connectivity index (χ1) is 9.40. The van der Waals surface area contributed by atoms with E-state index in [0.717, 1.165) is 11.8 Å². The van der Waals surface area contributed by atoms with Gasteiger partial charge in [0.1, 0.15) is 5.03 Å². The van der Waals surface area contributed by atoms with Gasteiger partial charge in [-0.2, -0.15) is 4.98 Å². The molecule has 0 fully saturated rings. The van der Waals surface area contributed by atoms with Crippen LogP contribution >= 0.6 is 23.4 Å². The van der Waals surface area contributed by atoms with Crippen LogP contribution in [0.5, 0.6) is 0 Å². The lowest BCUT2D eigenvalue weighted by atomic mass is 10.3. The first-order valence-electron chi connectivity index (χ1n) is 5.13. The molecule has 20 heavy (non-hydrogen) atoms. The predicted molar refractivity (Wildman–Crippen MR) is 70.4 cm³/mol. The fourth-order valence-electron chi connectivity index (χ4n) is 1.30. The molecule has 0 atom stereocenters. The van der Waals surface area contributed by atoms with E-state index in [-0.39, 0.29) is 20.8 Å². The van der Waals surface area contributed by atoms with Crippen molar-refractivity contribution in [1.82, 2.24) is 19.7 Å². The number of aromatic nitrogens is 4. The van der Waals surface area contributed by atoms with Crippen molar-refractivity contribution >= 4 is 29.3 Å². The zero-order chi connectivity index (χ0) is 14.9. The molecule has 2 N–H and O–H groups in total. The van der Waals surface area contributed by atoms with Crippen molar-refractivity contribution in [3.8, 4) is 0 Å². The van der Waals surface area contributed by atoms with Crippen LogP contribution in [0.25, 0.3) is 0 Å². The number of aromatic amines is 1. The van der Waals surface area contributed by atoms with Gasteiger partial charge < -0.3 is 5.11 Å². The standard InChI is InChI=1S/C10H7ClN4O4S/c1-15-10(13-6(16)7(17)14-15)20-8-5(11)4(9(18)19)2-3-12-8/h2-3H,1H3,(H,14,17)(H,18,19). The molecule has 0 spiro atoms. The number of rotatable bonds is 3. The van der Waals surface area contributed by atoms with E-state index in [1.807, 2.05) is 0 Å². The highest BCUT2D eigenvalue weighted by molar-refractivity contribution is 7.99. The van der Waals surface area contributed by atoms with Gasteiger partial charge >= 0.3 is 17.1 Å². The summed E-state index contributed by atoms with van der Waals surface area (Å²) in [5.41, 5.74) is -1.91. The van der Waals surface area contributed by atoms with Crippen LogP contribution in [-0.4, -0.2) is 30.8 Å². The number of hydrogen-bond acceptors (Lipinski definition) is 6. The van der Waals surface area contributed by atoms with Crippen LogP contribution in [0.1, 0.15) is 10.4 Å². The second-order valence-electron chi connectivity index (χ2n) is 3.58. The molecule has 2 aromatic heterocycles. The van der Waals surface area contributed by atoms with Crippen molar-refractivity contribution < 1.29 is 9.90 Å². The average Bonchev–Trinajstić information content (AvgIpc) is 2.37. The van der Waals surface area contributed by atoms with Gasteiger partial charge in [-0.25, -0.2) is 9.78 Å². The molecular weight excluding hydrogens is 308 g/mol. The van der Waals surface area contributed by atoms with Crippen LogP contribution < -0.4 is 11.1 Å². The Balaban J connectivity index is 2.48. The summed E-state index contributed by atoms with van der Waals surface area (Å²) in [4.78, 5) is 40.7. The fraction of sp³-hybridized carbons (Fsp3) is 0.100. The Kier molecular flexibility index (Phi) is 3.91. The summed E-state index contributed by atoms with van der Waals surface area (Å²) in [5, 5.41) is 11.4. The van der Waals surface area contributed by atoms with Crippen LogP contribution in [0, 0.1) is 0 Å². The lowest BCUT2D eigenvalue weighted by Gasteiger charge is -2.07. The van der Waals surface area contributed by atoms with Crippen molar-refractivity contribution in [2.24, 2.45) is 7.05 Å². The zero-order valence-electron chi connectivity index (χ0n) is 9.95. The van der Waals surface area contributed by atoms with Gasteiger partial charge in [0.15, 0.2) is 5.16 Å². The molecule has 0 bridgehead atoms. The third-order valence-electron chi connectivity index (χ3n) is 2.22. The summed E-state index contributed by atoms with van der Waals surface area (Å²) in [5.74, 6) is -1.19. The number of aromatic carboxylic acids is 1. The fourth-order valence-corrected chi connectivity index (χ4v) is 2.40. The van der Waals surface area contributed by atoms with Crippen molar-refractivity contribution in [1.29, 1.82) is 0 Å². The third kappa shape index (κ3) is 2.73. The van der Waals surface area contributed by atoms with E-state index < -0.39 is 17.1 Å². The van der Waals surface area contributed by atoms with Crippen molar-refractivity contribution in [2.45, 2.75) is 10.2 Å². The molecule has 8 nitrogen and oxygen atoms in total. The van der Waals surface area contributed by atoms with Crippen molar-refractivity contribution in [3.05, 3.63) is 43.6 Å². The molecule has 0 aliphatic carbocycles. The Morgan fingerprint density at radius 2 is 2.20 bits per heavy atom. The van der Waals surface area contributed by atoms with E-state index in [1.54, 1.807) is 0 Å². The van der Waals surface area contributed by atoms with Crippen LogP contribution in [0.2, 0.25) is 5.02 Å². The van der Waals surface area contributed by atoms with Crippen LogP contribution in [0.3, 0.4) is 0 Å². The molecular formula is C10H7ClN4O4S. The highest BCUT2D eigenvalue weighted by Crippen LogP contribution is 2.31. The van der Waals surface area contributed by atoms with Gasteiger partial charge in [-0.05, 0) is 17.8 Å². The second kappa shape index (κ2) is 5.47. The number of carbonyl (C=O) groups is 1. The highest BCUT2D eigenvalue weighted by atomic mass is 35.5.